The smallest absolute Gasteiger partial charge is 0.305 e. The molecule has 0 aromatic carbocycles. The Balaban J connectivity index is 3.41. The number of aliphatic hydroxyl groups excluding tert-OH is 2. The van der Waals surface area contributed by atoms with Gasteiger partial charge in [-0.3, -0.25) is 9.59 Å². The third-order valence-electron chi connectivity index (χ3n) is 14.7. The van der Waals surface area contributed by atoms with Crippen LogP contribution >= 0.6 is 0 Å². The van der Waals surface area contributed by atoms with E-state index in [9.17, 15) is 19.8 Å². The zero-order chi connectivity index (χ0) is 48.6. The van der Waals surface area contributed by atoms with Crippen LogP contribution in [-0.2, 0) is 14.3 Å². The Bertz CT molecular complexity index is 959. The predicted molar refractivity (Wildman–Crippen MR) is 292 cm³/mol. The van der Waals surface area contributed by atoms with Gasteiger partial charge >= 0.3 is 5.97 Å². The summed E-state index contributed by atoms with van der Waals surface area (Å²) in [4.78, 5) is 24.5. The van der Waals surface area contributed by atoms with Crippen molar-refractivity contribution in [2.24, 2.45) is 0 Å². The van der Waals surface area contributed by atoms with E-state index in [1.54, 1.807) is 0 Å². The van der Waals surface area contributed by atoms with E-state index in [-0.39, 0.29) is 18.5 Å². The molecule has 0 heterocycles. The summed E-state index contributed by atoms with van der Waals surface area (Å²) in [5.74, 6) is -0.0326. The summed E-state index contributed by atoms with van der Waals surface area (Å²) in [5, 5.41) is 23.4. The van der Waals surface area contributed by atoms with Gasteiger partial charge in [-0.25, -0.2) is 0 Å². The van der Waals surface area contributed by atoms with Crippen molar-refractivity contribution < 1.29 is 24.5 Å². The van der Waals surface area contributed by atoms with Crippen LogP contribution < -0.4 is 5.32 Å². The van der Waals surface area contributed by atoms with Crippen molar-refractivity contribution in [1.82, 2.24) is 5.32 Å². The quantitative estimate of drug-likeness (QED) is 0.0417. The van der Waals surface area contributed by atoms with Crippen molar-refractivity contribution in [3.63, 3.8) is 0 Å². The number of nitrogens with one attached hydrogen (secondary N) is 1. The molecule has 6 nitrogen and oxygen atoms in total. The first-order valence-corrected chi connectivity index (χ1v) is 30.8. The number of hydrogen-bond donors (Lipinski definition) is 3. The Morgan fingerprint density at radius 1 is 0.358 bits per heavy atom. The fourth-order valence-electron chi connectivity index (χ4n) is 9.94. The molecule has 0 fully saturated rings. The van der Waals surface area contributed by atoms with Crippen LogP contribution in [0.2, 0.25) is 0 Å². The normalized spacial score (nSPS) is 12.5. The molecule has 0 aromatic heterocycles. The highest BCUT2D eigenvalue weighted by molar-refractivity contribution is 5.76. The molecule has 2 atom stereocenters. The largest absolute Gasteiger partial charge is 0.466 e. The average molecular weight is 949 g/mol. The summed E-state index contributed by atoms with van der Waals surface area (Å²) in [5.41, 5.74) is 0. The number of hydrogen-bond acceptors (Lipinski definition) is 5. The highest BCUT2D eigenvalue weighted by Gasteiger charge is 2.20. The van der Waals surface area contributed by atoms with E-state index in [2.05, 4.69) is 19.2 Å². The third-order valence-corrected chi connectivity index (χ3v) is 14.7. The molecular formula is C61H121NO5. The van der Waals surface area contributed by atoms with Crippen LogP contribution in [0.3, 0.4) is 0 Å². The second kappa shape index (κ2) is 57.4. The molecule has 2 unspecified atom stereocenters. The minimum absolute atomic E-state index is 0.00426. The molecule has 400 valence electrons. The zero-order valence-electron chi connectivity index (χ0n) is 45.7. The Morgan fingerprint density at radius 3 is 0.910 bits per heavy atom. The average Bonchev–Trinajstić information content (AvgIpc) is 3.33. The summed E-state index contributed by atoms with van der Waals surface area (Å²) >= 11 is 0. The summed E-state index contributed by atoms with van der Waals surface area (Å²) in [6, 6.07) is -0.546. The molecule has 0 saturated heterocycles. The van der Waals surface area contributed by atoms with Crippen molar-refractivity contribution in [3.05, 3.63) is 0 Å². The number of esters is 1. The summed E-state index contributed by atoms with van der Waals surface area (Å²) < 4.78 is 5.46. The van der Waals surface area contributed by atoms with Gasteiger partial charge in [0.15, 0.2) is 0 Å². The van der Waals surface area contributed by atoms with Gasteiger partial charge in [0, 0.05) is 12.8 Å². The monoisotopic (exact) mass is 948 g/mol. The van der Waals surface area contributed by atoms with Crippen molar-refractivity contribution >= 4 is 11.9 Å². The lowest BCUT2D eigenvalue weighted by Gasteiger charge is -2.22. The van der Waals surface area contributed by atoms with Gasteiger partial charge in [0.25, 0.3) is 0 Å². The third kappa shape index (κ3) is 54.0. The van der Waals surface area contributed by atoms with Gasteiger partial charge in [0.1, 0.15) is 0 Å². The lowest BCUT2D eigenvalue weighted by molar-refractivity contribution is -0.143. The minimum Gasteiger partial charge on any atom is -0.466 e. The highest BCUT2D eigenvalue weighted by atomic mass is 16.5. The molecule has 0 spiro atoms. The van der Waals surface area contributed by atoms with Gasteiger partial charge < -0.3 is 20.3 Å². The number of rotatable bonds is 58. The molecule has 67 heavy (non-hydrogen) atoms. The van der Waals surface area contributed by atoms with E-state index in [0.29, 0.717) is 25.9 Å². The maximum Gasteiger partial charge on any atom is 0.305 e. The molecule has 0 radical (unpaired) electrons. The maximum atomic E-state index is 12.5. The van der Waals surface area contributed by atoms with Crippen molar-refractivity contribution in [1.29, 1.82) is 0 Å². The Labute approximate surface area is 419 Å². The minimum atomic E-state index is -0.669. The summed E-state index contributed by atoms with van der Waals surface area (Å²) in [7, 11) is 0. The lowest BCUT2D eigenvalue weighted by Crippen LogP contribution is -2.45. The van der Waals surface area contributed by atoms with E-state index >= 15 is 0 Å². The maximum absolute atomic E-state index is 12.5. The van der Waals surface area contributed by atoms with Crippen molar-refractivity contribution in [2.75, 3.05) is 13.2 Å². The number of carbonyl (C=O) groups excluding carboxylic acids is 2. The van der Waals surface area contributed by atoms with Gasteiger partial charge in [0.2, 0.25) is 5.91 Å². The number of amides is 1. The number of unbranched alkanes of at least 4 members (excludes halogenated alkanes) is 47. The predicted octanol–water partition coefficient (Wildman–Crippen LogP) is 19.1. The molecule has 0 aliphatic heterocycles. The van der Waals surface area contributed by atoms with Crippen LogP contribution in [0.25, 0.3) is 0 Å². The lowest BCUT2D eigenvalue weighted by atomic mass is 10.0. The van der Waals surface area contributed by atoms with Crippen LogP contribution in [0.5, 0.6) is 0 Å². The molecule has 0 bridgehead atoms. The first kappa shape index (κ1) is 65.9. The molecule has 0 aliphatic carbocycles. The Kier molecular flexibility index (Phi) is 56.5. The van der Waals surface area contributed by atoms with Gasteiger partial charge in [0.05, 0.1) is 25.4 Å². The second-order valence-electron chi connectivity index (χ2n) is 21.4. The first-order valence-electron chi connectivity index (χ1n) is 30.8. The summed E-state index contributed by atoms with van der Waals surface area (Å²) in [6.07, 6.45) is 66.8. The topological polar surface area (TPSA) is 95.9 Å². The molecular weight excluding hydrogens is 827 g/mol. The van der Waals surface area contributed by atoms with Gasteiger partial charge in [-0.05, 0) is 25.7 Å². The van der Waals surface area contributed by atoms with Crippen molar-refractivity contribution in [3.8, 4) is 0 Å². The SMILES string of the molecule is CCCCCCCCCCCCCCCCCCCCCCCCCC(O)C(CO)NC(=O)CCCCCCCCCCCCCCCCCCOC(=O)CCCCCCCCCCCCC. The molecule has 0 saturated carbocycles. The second-order valence-corrected chi connectivity index (χ2v) is 21.4. The zero-order valence-corrected chi connectivity index (χ0v) is 45.7. The van der Waals surface area contributed by atoms with Crippen LogP contribution in [0, 0.1) is 0 Å². The van der Waals surface area contributed by atoms with E-state index < -0.39 is 12.1 Å². The Hall–Kier alpha value is -1.14. The van der Waals surface area contributed by atoms with E-state index in [0.717, 1.165) is 44.9 Å². The molecule has 3 N–H and O–H groups in total. The molecule has 0 aromatic rings. The van der Waals surface area contributed by atoms with Gasteiger partial charge in [-0.2, -0.15) is 0 Å². The fourth-order valence-corrected chi connectivity index (χ4v) is 9.94. The molecule has 6 heteroatoms. The van der Waals surface area contributed by atoms with Crippen LogP contribution in [0.15, 0.2) is 0 Å². The van der Waals surface area contributed by atoms with Crippen LogP contribution in [0.4, 0.5) is 0 Å². The van der Waals surface area contributed by atoms with E-state index in [1.807, 2.05) is 0 Å². The molecule has 0 rings (SSSR count). The molecule has 1 amide bonds. The van der Waals surface area contributed by atoms with Gasteiger partial charge in [-0.15, -0.1) is 0 Å². The Morgan fingerprint density at radius 2 is 0.612 bits per heavy atom. The number of ether oxygens (including phenoxy) is 1. The van der Waals surface area contributed by atoms with Crippen LogP contribution in [-0.4, -0.2) is 47.4 Å². The van der Waals surface area contributed by atoms with Crippen molar-refractivity contribution in [2.45, 2.75) is 366 Å². The highest BCUT2D eigenvalue weighted by Crippen LogP contribution is 2.18. The number of carbonyl (C=O) groups is 2. The van der Waals surface area contributed by atoms with E-state index in [1.165, 1.54) is 276 Å². The summed E-state index contributed by atoms with van der Waals surface area (Å²) in [6.45, 7) is 4.97. The standard InChI is InChI=1S/C61H121NO5/c1-3-5-7-9-11-13-15-16-17-18-19-20-21-22-23-24-27-30-34-37-41-45-49-53-59(64)58(57-63)62-60(65)54-50-46-42-38-35-31-28-25-26-29-32-36-40-44-48-52-56-67-61(66)55-51-47-43-39-33-14-12-10-8-6-4-2/h58-59,63-64H,3-57H2,1-2H3,(H,62,65). The fraction of sp³-hybridized carbons (Fsp3) is 0.967. The number of aliphatic hydroxyl groups is 2. The van der Waals surface area contributed by atoms with Gasteiger partial charge in [-0.1, -0.05) is 316 Å². The first-order chi connectivity index (χ1) is 33.0. The van der Waals surface area contributed by atoms with Crippen LogP contribution in [0.1, 0.15) is 354 Å². The van der Waals surface area contributed by atoms with E-state index in [4.69, 9.17) is 4.74 Å². The molecule has 0 aliphatic rings.